The molecule has 0 spiro atoms. The van der Waals surface area contributed by atoms with Gasteiger partial charge >= 0.3 is 18.0 Å². The van der Waals surface area contributed by atoms with Crippen molar-refractivity contribution >= 4 is 17.6 Å². The second kappa shape index (κ2) is 6.45. The van der Waals surface area contributed by atoms with Crippen molar-refractivity contribution in [3.63, 3.8) is 0 Å². The molecule has 0 saturated carbocycles. The molecule has 1 N–H and O–H groups in total. The monoisotopic (exact) mass is 347 g/mol. The summed E-state index contributed by atoms with van der Waals surface area (Å²) in [5.74, 6) is -3.04. The molecule has 1 aromatic heterocycles. The molecule has 24 heavy (non-hydrogen) atoms. The van der Waals surface area contributed by atoms with Crippen molar-refractivity contribution in [2.75, 3.05) is 18.4 Å². The lowest BCUT2D eigenvalue weighted by atomic mass is 9.93. The maximum Gasteiger partial charge on any atom is 0.393 e. The summed E-state index contributed by atoms with van der Waals surface area (Å²) in [7, 11) is 0. The van der Waals surface area contributed by atoms with Gasteiger partial charge in [-0.25, -0.2) is 0 Å². The van der Waals surface area contributed by atoms with E-state index in [1.54, 1.807) is 0 Å². The number of amides is 2. The number of hydrogen-bond acceptors (Lipinski definition) is 4. The first-order valence-corrected chi connectivity index (χ1v) is 7.62. The third-order valence-electron chi connectivity index (χ3n) is 3.86. The van der Waals surface area contributed by atoms with Crippen LogP contribution in [0.5, 0.6) is 0 Å². The van der Waals surface area contributed by atoms with Gasteiger partial charge in [-0.1, -0.05) is 25.9 Å². The van der Waals surface area contributed by atoms with Gasteiger partial charge in [-0.15, -0.1) is 0 Å². The summed E-state index contributed by atoms with van der Waals surface area (Å²) in [6.07, 6.45) is -4.20. The van der Waals surface area contributed by atoms with Crippen LogP contribution in [-0.4, -0.2) is 41.1 Å². The molecule has 134 valence electrons. The molecule has 1 aromatic rings. The summed E-state index contributed by atoms with van der Waals surface area (Å²) in [5, 5.41) is 5.92. The Morgan fingerprint density at radius 1 is 1.33 bits per heavy atom. The number of likely N-dealkylation sites (tertiary alicyclic amines) is 1. The van der Waals surface area contributed by atoms with Gasteiger partial charge in [0.15, 0.2) is 5.82 Å². The largest absolute Gasteiger partial charge is 0.393 e. The Hall–Kier alpha value is -2.06. The standard InChI is InChI=1S/C15H20F3N3O3/c1-14(2,3)10-7-11(20-24-10)19-12(22)13(23)21-6-4-5-9(8-21)15(16,17)18/h7,9H,4-6,8H2,1-3H3,(H,19,20,22). The van der Waals surface area contributed by atoms with Crippen molar-refractivity contribution in [3.05, 3.63) is 11.8 Å². The molecular formula is C15H20F3N3O3. The van der Waals surface area contributed by atoms with E-state index in [4.69, 9.17) is 4.52 Å². The lowest BCUT2D eigenvalue weighted by Crippen LogP contribution is -2.48. The van der Waals surface area contributed by atoms with E-state index < -0.39 is 30.5 Å². The number of anilines is 1. The first kappa shape index (κ1) is 18.3. The number of carbonyl (C=O) groups excluding carboxylic acids is 2. The van der Waals surface area contributed by atoms with E-state index in [1.165, 1.54) is 6.07 Å². The zero-order valence-electron chi connectivity index (χ0n) is 13.7. The van der Waals surface area contributed by atoms with Gasteiger partial charge in [0.05, 0.1) is 5.92 Å². The molecular weight excluding hydrogens is 327 g/mol. The van der Waals surface area contributed by atoms with Crippen LogP contribution in [0, 0.1) is 5.92 Å². The smallest absolute Gasteiger partial charge is 0.359 e. The fraction of sp³-hybridized carbons (Fsp3) is 0.667. The molecule has 0 aromatic carbocycles. The van der Waals surface area contributed by atoms with E-state index in [0.717, 1.165) is 4.90 Å². The molecule has 2 rings (SSSR count). The summed E-state index contributed by atoms with van der Waals surface area (Å²) in [6.45, 7) is 5.28. The molecule has 0 bridgehead atoms. The molecule has 1 atom stereocenters. The maximum absolute atomic E-state index is 12.8. The number of hydrogen-bond donors (Lipinski definition) is 1. The van der Waals surface area contributed by atoms with Crippen LogP contribution >= 0.6 is 0 Å². The summed E-state index contributed by atoms with van der Waals surface area (Å²) < 4.78 is 43.4. The number of rotatable bonds is 1. The minimum absolute atomic E-state index is 0.0346. The number of nitrogens with one attached hydrogen (secondary N) is 1. The Balaban J connectivity index is 1.99. The van der Waals surface area contributed by atoms with Crippen molar-refractivity contribution < 1.29 is 27.3 Å². The maximum atomic E-state index is 12.8. The number of nitrogens with zero attached hydrogens (tertiary/aromatic N) is 2. The van der Waals surface area contributed by atoms with Crippen molar-refractivity contribution in [1.82, 2.24) is 10.1 Å². The third-order valence-corrected chi connectivity index (χ3v) is 3.86. The molecule has 0 aliphatic carbocycles. The summed E-state index contributed by atoms with van der Waals surface area (Å²) in [6, 6.07) is 1.49. The molecule has 1 aliphatic heterocycles. The SMILES string of the molecule is CC(C)(C)c1cc(NC(=O)C(=O)N2CCCC(C(F)(F)F)C2)no1. The Morgan fingerprint density at radius 2 is 2.00 bits per heavy atom. The van der Waals surface area contributed by atoms with E-state index in [-0.39, 0.29) is 30.6 Å². The number of alkyl halides is 3. The molecule has 9 heteroatoms. The number of carbonyl (C=O) groups is 2. The molecule has 1 fully saturated rings. The average Bonchev–Trinajstić information content (AvgIpc) is 2.94. The number of halogens is 3. The predicted octanol–water partition coefficient (Wildman–Crippen LogP) is 2.71. The van der Waals surface area contributed by atoms with Crippen LogP contribution in [0.25, 0.3) is 0 Å². The summed E-state index contributed by atoms with van der Waals surface area (Å²) >= 11 is 0. The van der Waals surface area contributed by atoms with E-state index >= 15 is 0 Å². The summed E-state index contributed by atoms with van der Waals surface area (Å²) in [5.41, 5.74) is -0.327. The van der Waals surface area contributed by atoms with Gasteiger partial charge in [-0.2, -0.15) is 13.2 Å². The van der Waals surface area contributed by atoms with Crippen LogP contribution in [0.1, 0.15) is 39.4 Å². The highest BCUT2D eigenvalue weighted by molar-refractivity contribution is 6.39. The van der Waals surface area contributed by atoms with Crippen molar-refractivity contribution in [2.45, 2.75) is 45.2 Å². The fourth-order valence-electron chi connectivity index (χ4n) is 2.43. The van der Waals surface area contributed by atoms with Crippen LogP contribution in [0.3, 0.4) is 0 Å². The first-order valence-electron chi connectivity index (χ1n) is 7.62. The molecule has 0 radical (unpaired) electrons. The third kappa shape index (κ3) is 4.27. The van der Waals surface area contributed by atoms with Gasteiger partial charge < -0.3 is 9.42 Å². The molecule has 1 aliphatic rings. The average molecular weight is 347 g/mol. The fourth-order valence-corrected chi connectivity index (χ4v) is 2.43. The Morgan fingerprint density at radius 3 is 2.54 bits per heavy atom. The van der Waals surface area contributed by atoms with Crippen LogP contribution in [0.2, 0.25) is 0 Å². The van der Waals surface area contributed by atoms with Crippen molar-refractivity contribution in [2.24, 2.45) is 5.92 Å². The number of piperidine rings is 1. The van der Waals surface area contributed by atoms with Gasteiger partial charge in [0.25, 0.3) is 0 Å². The van der Waals surface area contributed by atoms with Gasteiger partial charge in [0, 0.05) is 24.6 Å². The summed E-state index contributed by atoms with van der Waals surface area (Å²) in [4.78, 5) is 25.0. The highest BCUT2D eigenvalue weighted by Gasteiger charge is 2.43. The van der Waals surface area contributed by atoms with Gasteiger partial charge in [0.2, 0.25) is 0 Å². The lowest BCUT2D eigenvalue weighted by molar-refractivity contribution is -0.188. The van der Waals surface area contributed by atoms with Crippen LogP contribution in [0.15, 0.2) is 10.6 Å². The highest BCUT2D eigenvalue weighted by atomic mass is 19.4. The van der Waals surface area contributed by atoms with Crippen molar-refractivity contribution in [3.8, 4) is 0 Å². The topological polar surface area (TPSA) is 75.4 Å². The number of aromatic nitrogens is 1. The molecule has 1 saturated heterocycles. The van der Waals surface area contributed by atoms with E-state index in [1.807, 2.05) is 20.8 Å². The van der Waals surface area contributed by atoms with E-state index in [2.05, 4.69) is 10.5 Å². The Kier molecular flexibility index (Phi) is 4.91. The lowest BCUT2D eigenvalue weighted by Gasteiger charge is -2.33. The van der Waals surface area contributed by atoms with Crippen LogP contribution in [-0.2, 0) is 15.0 Å². The Bertz CT molecular complexity index is 619. The zero-order valence-corrected chi connectivity index (χ0v) is 13.7. The zero-order chi connectivity index (χ0) is 18.1. The van der Waals surface area contributed by atoms with Gasteiger partial charge in [0.1, 0.15) is 5.76 Å². The second-order valence-corrected chi connectivity index (χ2v) is 6.91. The quantitative estimate of drug-likeness (QED) is 0.793. The normalized spacial score (nSPS) is 19.2. The van der Waals surface area contributed by atoms with Gasteiger partial charge in [-0.3, -0.25) is 14.9 Å². The van der Waals surface area contributed by atoms with E-state index in [9.17, 15) is 22.8 Å². The van der Waals surface area contributed by atoms with Crippen LogP contribution < -0.4 is 5.32 Å². The molecule has 6 nitrogen and oxygen atoms in total. The highest BCUT2D eigenvalue weighted by Crippen LogP contribution is 2.33. The predicted molar refractivity (Wildman–Crippen MR) is 79.2 cm³/mol. The molecule has 2 heterocycles. The minimum atomic E-state index is -4.37. The van der Waals surface area contributed by atoms with Crippen molar-refractivity contribution in [1.29, 1.82) is 0 Å². The van der Waals surface area contributed by atoms with Crippen LogP contribution in [0.4, 0.5) is 19.0 Å². The minimum Gasteiger partial charge on any atom is -0.359 e. The molecule has 2 amide bonds. The Labute approximate surface area is 137 Å². The first-order chi connectivity index (χ1) is 11.0. The van der Waals surface area contributed by atoms with E-state index in [0.29, 0.717) is 5.76 Å². The van der Waals surface area contributed by atoms with Gasteiger partial charge in [-0.05, 0) is 12.8 Å². The molecule has 1 unspecified atom stereocenters. The second-order valence-electron chi connectivity index (χ2n) is 6.91.